The third-order valence-corrected chi connectivity index (χ3v) is 4.19. The molecule has 0 atom stereocenters. The minimum absolute atomic E-state index is 0.272. The Morgan fingerprint density at radius 2 is 1.90 bits per heavy atom. The number of benzene rings is 1. The quantitative estimate of drug-likeness (QED) is 0.824. The maximum absolute atomic E-state index is 11.7. The van der Waals surface area contributed by atoms with Gasteiger partial charge in [0.15, 0.2) is 6.61 Å². The highest BCUT2D eigenvalue weighted by molar-refractivity contribution is 9.10. The second-order valence-electron chi connectivity index (χ2n) is 4.39. The molecule has 1 aromatic heterocycles. The number of hydrogen-bond acceptors (Lipinski definition) is 4. The Hall–Kier alpha value is -1.66. The highest BCUT2D eigenvalue weighted by atomic mass is 79.9. The molecule has 4 nitrogen and oxygen atoms in total. The number of esters is 1. The van der Waals surface area contributed by atoms with E-state index in [1.54, 1.807) is 6.07 Å². The van der Waals surface area contributed by atoms with Crippen molar-refractivity contribution >= 4 is 39.1 Å². The van der Waals surface area contributed by atoms with Crippen LogP contribution in [0.5, 0.6) is 0 Å². The van der Waals surface area contributed by atoms with E-state index in [4.69, 9.17) is 4.74 Å². The lowest BCUT2D eigenvalue weighted by atomic mass is 10.2. The zero-order valence-corrected chi connectivity index (χ0v) is 13.8. The number of carbonyl (C=O) groups excluding carboxylic acids is 2. The Morgan fingerprint density at radius 3 is 2.52 bits per heavy atom. The van der Waals surface area contributed by atoms with Gasteiger partial charge in [-0.1, -0.05) is 28.1 Å². The third-order valence-electron chi connectivity index (χ3n) is 2.68. The van der Waals surface area contributed by atoms with E-state index in [2.05, 4.69) is 21.2 Å². The number of nitrogens with one attached hydrogen (secondary N) is 1. The van der Waals surface area contributed by atoms with Crippen LogP contribution in [-0.2, 0) is 16.1 Å². The van der Waals surface area contributed by atoms with Crippen LogP contribution in [0.3, 0.4) is 0 Å². The van der Waals surface area contributed by atoms with Crippen molar-refractivity contribution in [3.05, 3.63) is 56.2 Å². The summed E-state index contributed by atoms with van der Waals surface area (Å²) in [6.07, 6.45) is 0. The molecule has 1 N–H and O–H groups in total. The number of hydrogen-bond donors (Lipinski definition) is 1. The van der Waals surface area contributed by atoms with Crippen LogP contribution in [0.15, 0.2) is 40.9 Å². The van der Waals surface area contributed by atoms with Gasteiger partial charge in [0.2, 0.25) is 0 Å². The van der Waals surface area contributed by atoms with E-state index in [-0.39, 0.29) is 12.5 Å². The summed E-state index contributed by atoms with van der Waals surface area (Å²) < 4.78 is 5.95. The molecule has 0 saturated heterocycles. The second kappa shape index (κ2) is 7.38. The molecule has 0 unspecified atom stereocenters. The molecule has 0 aliphatic heterocycles. The van der Waals surface area contributed by atoms with Crippen molar-refractivity contribution in [3.63, 3.8) is 0 Å². The van der Waals surface area contributed by atoms with Crippen molar-refractivity contribution in [3.8, 4) is 0 Å². The molecule has 2 rings (SSSR count). The van der Waals surface area contributed by atoms with Crippen LogP contribution in [0.1, 0.15) is 20.1 Å². The monoisotopic (exact) mass is 367 g/mol. The van der Waals surface area contributed by atoms with E-state index in [9.17, 15) is 9.59 Å². The first kappa shape index (κ1) is 15.7. The molecule has 0 fully saturated rings. The topological polar surface area (TPSA) is 55.4 Å². The number of halogens is 1. The molecule has 1 heterocycles. The van der Waals surface area contributed by atoms with Crippen molar-refractivity contribution in [1.82, 2.24) is 5.32 Å². The molecule has 6 heteroatoms. The number of aryl methyl sites for hydroxylation is 1. The van der Waals surface area contributed by atoms with E-state index in [0.29, 0.717) is 11.4 Å². The number of carbonyl (C=O) groups is 2. The lowest BCUT2D eigenvalue weighted by Gasteiger charge is -2.06. The fourth-order valence-electron chi connectivity index (χ4n) is 1.60. The van der Waals surface area contributed by atoms with Gasteiger partial charge in [0, 0.05) is 15.9 Å². The highest BCUT2D eigenvalue weighted by Crippen LogP contribution is 2.15. The Morgan fingerprint density at radius 1 is 1.19 bits per heavy atom. The fraction of sp³-hybridized carbons (Fsp3) is 0.200. The molecule has 0 radical (unpaired) electrons. The smallest absolute Gasteiger partial charge is 0.348 e. The molecule has 21 heavy (non-hydrogen) atoms. The summed E-state index contributed by atoms with van der Waals surface area (Å²) in [7, 11) is 0. The van der Waals surface area contributed by atoms with Crippen molar-refractivity contribution in [2.24, 2.45) is 0 Å². The van der Waals surface area contributed by atoms with E-state index in [1.165, 1.54) is 11.3 Å². The first-order chi connectivity index (χ1) is 10.0. The molecular weight excluding hydrogens is 354 g/mol. The van der Waals surface area contributed by atoms with E-state index in [0.717, 1.165) is 14.9 Å². The normalized spacial score (nSPS) is 10.2. The summed E-state index contributed by atoms with van der Waals surface area (Å²) >= 11 is 4.69. The molecule has 1 amide bonds. The molecule has 2 aromatic rings. The molecular formula is C15H14BrNO3S. The fourth-order valence-corrected chi connectivity index (χ4v) is 2.63. The zero-order valence-electron chi connectivity index (χ0n) is 11.4. The van der Waals surface area contributed by atoms with Crippen LogP contribution < -0.4 is 5.32 Å². The largest absolute Gasteiger partial charge is 0.451 e. The van der Waals surface area contributed by atoms with Gasteiger partial charge in [-0.25, -0.2) is 4.79 Å². The SMILES string of the molecule is Cc1ccc(C(=O)OCC(=O)NCc2ccc(Br)cc2)s1. The second-order valence-corrected chi connectivity index (χ2v) is 6.59. The number of ether oxygens (including phenoxy) is 1. The van der Waals surface area contributed by atoms with Gasteiger partial charge in [-0.05, 0) is 36.8 Å². The molecule has 0 saturated carbocycles. The Labute approximate surface area is 135 Å². The molecule has 1 aromatic carbocycles. The van der Waals surface area contributed by atoms with Crippen LogP contribution in [0, 0.1) is 6.92 Å². The van der Waals surface area contributed by atoms with E-state index >= 15 is 0 Å². The van der Waals surface area contributed by atoms with Crippen LogP contribution in [0.4, 0.5) is 0 Å². The predicted octanol–water partition coefficient (Wildman–Crippen LogP) is 3.29. The Bertz CT molecular complexity index is 637. The molecule has 0 bridgehead atoms. The van der Waals surface area contributed by atoms with Crippen molar-refractivity contribution in [1.29, 1.82) is 0 Å². The zero-order chi connectivity index (χ0) is 15.2. The van der Waals surface area contributed by atoms with Crippen molar-refractivity contribution < 1.29 is 14.3 Å². The van der Waals surface area contributed by atoms with Gasteiger partial charge >= 0.3 is 5.97 Å². The van der Waals surface area contributed by atoms with Crippen molar-refractivity contribution in [2.45, 2.75) is 13.5 Å². The van der Waals surface area contributed by atoms with Gasteiger partial charge in [0.05, 0.1) is 0 Å². The molecule has 0 aliphatic carbocycles. The lowest BCUT2D eigenvalue weighted by molar-refractivity contribution is -0.124. The van der Waals surface area contributed by atoms with Crippen LogP contribution in [-0.4, -0.2) is 18.5 Å². The summed E-state index contributed by atoms with van der Waals surface area (Å²) in [5.41, 5.74) is 0.978. The highest BCUT2D eigenvalue weighted by Gasteiger charge is 2.11. The van der Waals surface area contributed by atoms with Gasteiger partial charge in [-0.15, -0.1) is 11.3 Å². The summed E-state index contributed by atoms with van der Waals surface area (Å²) in [4.78, 5) is 24.8. The Balaban J connectivity index is 1.74. The minimum Gasteiger partial charge on any atom is -0.451 e. The maximum atomic E-state index is 11.7. The average Bonchev–Trinajstić information content (AvgIpc) is 2.91. The first-order valence-corrected chi connectivity index (χ1v) is 7.90. The van der Waals surface area contributed by atoms with Gasteiger partial charge < -0.3 is 10.1 Å². The van der Waals surface area contributed by atoms with E-state index < -0.39 is 5.97 Å². The summed E-state index contributed by atoms with van der Waals surface area (Å²) in [6.45, 7) is 2.04. The standard InChI is InChI=1S/C15H14BrNO3S/c1-10-2-7-13(21-10)15(19)20-9-14(18)17-8-11-3-5-12(16)6-4-11/h2-7H,8-9H2,1H3,(H,17,18). The van der Waals surface area contributed by atoms with E-state index in [1.807, 2.05) is 37.3 Å². The summed E-state index contributed by atoms with van der Waals surface area (Å²) in [6, 6.07) is 11.2. The van der Waals surface area contributed by atoms with Crippen LogP contribution in [0.2, 0.25) is 0 Å². The summed E-state index contributed by atoms with van der Waals surface area (Å²) in [5.74, 6) is -0.786. The van der Waals surface area contributed by atoms with Crippen LogP contribution in [0.25, 0.3) is 0 Å². The van der Waals surface area contributed by atoms with Gasteiger partial charge in [0.25, 0.3) is 5.91 Å². The average molecular weight is 368 g/mol. The van der Waals surface area contributed by atoms with Crippen molar-refractivity contribution in [2.75, 3.05) is 6.61 Å². The maximum Gasteiger partial charge on any atom is 0.348 e. The summed E-state index contributed by atoms with van der Waals surface area (Å²) in [5, 5.41) is 2.70. The number of thiophene rings is 1. The first-order valence-electron chi connectivity index (χ1n) is 6.29. The van der Waals surface area contributed by atoms with Gasteiger partial charge in [0.1, 0.15) is 4.88 Å². The van der Waals surface area contributed by atoms with Gasteiger partial charge in [-0.2, -0.15) is 0 Å². The Kier molecular flexibility index (Phi) is 5.52. The molecule has 110 valence electrons. The number of amides is 1. The third kappa shape index (κ3) is 4.99. The van der Waals surface area contributed by atoms with Gasteiger partial charge in [-0.3, -0.25) is 4.79 Å². The predicted molar refractivity (Wildman–Crippen MR) is 85.3 cm³/mol. The minimum atomic E-state index is -0.466. The lowest BCUT2D eigenvalue weighted by Crippen LogP contribution is -2.28. The molecule has 0 spiro atoms. The van der Waals surface area contributed by atoms with Crippen LogP contribution >= 0.6 is 27.3 Å². The molecule has 0 aliphatic rings. The number of rotatable bonds is 5.